The van der Waals surface area contributed by atoms with Crippen LogP contribution in [0.2, 0.25) is 0 Å². The molecule has 3 heterocycles. The molecule has 158 valence electrons. The molecule has 3 aromatic heterocycles. The van der Waals surface area contributed by atoms with Gasteiger partial charge in [0.2, 0.25) is 5.95 Å². The summed E-state index contributed by atoms with van der Waals surface area (Å²) in [6.07, 6.45) is 8.22. The van der Waals surface area contributed by atoms with Crippen molar-refractivity contribution in [1.29, 1.82) is 0 Å². The minimum Gasteiger partial charge on any atom is -0.343 e. The molecule has 0 saturated heterocycles. The van der Waals surface area contributed by atoms with Gasteiger partial charge < -0.3 is 14.8 Å². The van der Waals surface area contributed by atoms with Crippen molar-refractivity contribution in [1.82, 2.24) is 24.4 Å². The molecule has 1 fully saturated rings. The lowest BCUT2D eigenvalue weighted by Gasteiger charge is -2.19. The van der Waals surface area contributed by atoms with E-state index in [1.165, 1.54) is 18.4 Å². The zero-order chi connectivity index (χ0) is 21.3. The first-order valence-corrected chi connectivity index (χ1v) is 12.1. The number of fused-ring (bicyclic) bond motifs is 1. The Bertz CT molecular complexity index is 1040. The zero-order valence-electron chi connectivity index (χ0n) is 18.0. The SMILES string of the molecule is CPC(C)c1ccc(Nc2ncc3cc(C(=O)N(C)C)n(C4CCCC4)c3n2)nc1. The molecule has 0 radical (unpaired) electrons. The Hall–Kier alpha value is -2.53. The first-order valence-electron chi connectivity index (χ1n) is 10.5. The van der Waals surface area contributed by atoms with Gasteiger partial charge in [-0.05, 0) is 42.9 Å². The van der Waals surface area contributed by atoms with E-state index in [0.29, 0.717) is 29.2 Å². The third kappa shape index (κ3) is 4.04. The van der Waals surface area contributed by atoms with Crippen LogP contribution in [0.25, 0.3) is 11.0 Å². The number of amides is 1. The quantitative estimate of drug-likeness (QED) is 0.578. The number of hydrogen-bond acceptors (Lipinski definition) is 5. The average Bonchev–Trinajstić information content (AvgIpc) is 3.40. The number of hydrogen-bond donors (Lipinski definition) is 1. The smallest absolute Gasteiger partial charge is 0.270 e. The van der Waals surface area contributed by atoms with Crippen molar-refractivity contribution in [2.75, 3.05) is 26.1 Å². The maximum atomic E-state index is 12.8. The lowest BCUT2D eigenvalue weighted by Crippen LogP contribution is -2.25. The molecule has 0 aliphatic heterocycles. The summed E-state index contributed by atoms with van der Waals surface area (Å²) in [6, 6.07) is 6.29. The molecule has 4 rings (SSSR count). The van der Waals surface area contributed by atoms with Crippen LogP contribution in [0, 0.1) is 0 Å². The summed E-state index contributed by atoms with van der Waals surface area (Å²) in [4.78, 5) is 28.2. The van der Waals surface area contributed by atoms with Gasteiger partial charge in [-0.1, -0.05) is 25.8 Å². The van der Waals surface area contributed by atoms with E-state index in [1.54, 1.807) is 25.2 Å². The van der Waals surface area contributed by atoms with E-state index in [2.05, 4.69) is 39.5 Å². The molecule has 1 aliphatic rings. The second-order valence-electron chi connectivity index (χ2n) is 8.12. The molecule has 3 aromatic rings. The summed E-state index contributed by atoms with van der Waals surface area (Å²) in [6.45, 7) is 4.41. The van der Waals surface area contributed by atoms with Gasteiger partial charge in [-0.25, -0.2) is 9.97 Å². The Morgan fingerprint density at radius 1 is 1.23 bits per heavy atom. The van der Waals surface area contributed by atoms with Crippen LogP contribution in [0.1, 0.15) is 60.4 Å². The van der Waals surface area contributed by atoms with E-state index < -0.39 is 0 Å². The van der Waals surface area contributed by atoms with Crippen molar-refractivity contribution in [3.8, 4) is 0 Å². The molecule has 1 amide bonds. The molecular formula is C22H29N6OP. The van der Waals surface area contributed by atoms with Crippen LogP contribution in [-0.2, 0) is 0 Å². The van der Waals surface area contributed by atoms with E-state index in [0.717, 1.165) is 32.5 Å². The molecule has 2 atom stereocenters. The standard InChI is InChI=1S/C22H29N6OP/c1-14(30-4)15-9-10-19(23-12-15)25-22-24-13-16-11-18(21(29)27(2)3)28(20(16)26-22)17-7-5-6-8-17/h9-14,17,30H,5-8H2,1-4H3,(H,23,24,25,26). The third-order valence-corrected chi connectivity index (χ3v) is 7.05. The summed E-state index contributed by atoms with van der Waals surface area (Å²) < 4.78 is 2.12. The number of aromatic nitrogens is 4. The van der Waals surface area contributed by atoms with Crippen LogP contribution in [0.4, 0.5) is 11.8 Å². The summed E-state index contributed by atoms with van der Waals surface area (Å²) in [5, 5.41) is 4.11. The molecule has 0 bridgehead atoms. The van der Waals surface area contributed by atoms with Gasteiger partial charge in [-0.3, -0.25) is 4.79 Å². The highest BCUT2D eigenvalue weighted by Crippen LogP contribution is 2.35. The van der Waals surface area contributed by atoms with Gasteiger partial charge in [0.1, 0.15) is 17.2 Å². The van der Waals surface area contributed by atoms with Crippen LogP contribution >= 0.6 is 8.58 Å². The molecular weight excluding hydrogens is 395 g/mol. The Morgan fingerprint density at radius 2 is 2.00 bits per heavy atom. The fourth-order valence-electron chi connectivity index (χ4n) is 4.01. The van der Waals surface area contributed by atoms with Gasteiger partial charge in [-0.15, -0.1) is 8.58 Å². The van der Waals surface area contributed by atoms with E-state index in [1.807, 2.05) is 18.3 Å². The van der Waals surface area contributed by atoms with Crippen molar-refractivity contribution in [2.24, 2.45) is 0 Å². The minimum atomic E-state index is -0.00239. The fraction of sp³-hybridized carbons (Fsp3) is 0.455. The number of nitrogens with one attached hydrogen (secondary N) is 1. The Labute approximate surface area is 179 Å². The van der Waals surface area contributed by atoms with Crippen molar-refractivity contribution in [3.05, 3.63) is 41.9 Å². The highest BCUT2D eigenvalue weighted by atomic mass is 31.1. The number of carbonyl (C=O) groups excluding carboxylic acids is 1. The summed E-state index contributed by atoms with van der Waals surface area (Å²) in [5.74, 6) is 1.21. The largest absolute Gasteiger partial charge is 0.343 e. The summed E-state index contributed by atoms with van der Waals surface area (Å²) in [5.41, 5.74) is 3.24. The molecule has 30 heavy (non-hydrogen) atoms. The minimum absolute atomic E-state index is 0.00239. The molecule has 0 spiro atoms. The molecule has 1 N–H and O–H groups in total. The zero-order valence-corrected chi connectivity index (χ0v) is 19.0. The van der Waals surface area contributed by atoms with Crippen molar-refractivity contribution < 1.29 is 4.79 Å². The Balaban J connectivity index is 1.69. The van der Waals surface area contributed by atoms with Gasteiger partial charge in [0.15, 0.2) is 0 Å². The lowest BCUT2D eigenvalue weighted by atomic mass is 10.2. The number of pyridine rings is 1. The number of rotatable bonds is 6. The maximum absolute atomic E-state index is 12.8. The van der Waals surface area contributed by atoms with Crippen LogP contribution < -0.4 is 5.32 Å². The van der Waals surface area contributed by atoms with Gasteiger partial charge >= 0.3 is 0 Å². The van der Waals surface area contributed by atoms with Crippen molar-refractivity contribution in [3.63, 3.8) is 0 Å². The van der Waals surface area contributed by atoms with E-state index in [-0.39, 0.29) is 5.91 Å². The molecule has 1 saturated carbocycles. The molecule has 8 heteroatoms. The lowest BCUT2D eigenvalue weighted by molar-refractivity contribution is 0.0815. The van der Waals surface area contributed by atoms with Crippen LogP contribution in [0.5, 0.6) is 0 Å². The first kappa shape index (κ1) is 20.7. The Kier molecular flexibility index (Phi) is 6.00. The van der Waals surface area contributed by atoms with Crippen LogP contribution in [-0.4, -0.2) is 51.1 Å². The van der Waals surface area contributed by atoms with Gasteiger partial charge in [-0.2, -0.15) is 4.98 Å². The van der Waals surface area contributed by atoms with E-state index in [9.17, 15) is 4.79 Å². The molecule has 1 aliphatic carbocycles. The van der Waals surface area contributed by atoms with Gasteiger partial charge in [0.25, 0.3) is 5.91 Å². The van der Waals surface area contributed by atoms with E-state index in [4.69, 9.17) is 4.98 Å². The molecule has 0 aromatic carbocycles. The highest BCUT2D eigenvalue weighted by Gasteiger charge is 2.26. The van der Waals surface area contributed by atoms with Crippen LogP contribution in [0.3, 0.4) is 0 Å². The second-order valence-corrected chi connectivity index (χ2v) is 9.57. The summed E-state index contributed by atoms with van der Waals surface area (Å²) >= 11 is 0. The summed E-state index contributed by atoms with van der Waals surface area (Å²) in [7, 11) is 4.42. The maximum Gasteiger partial charge on any atom is 0.270 e. The topological polar surface area (TPSA) is 75.9 Å². The second kappa shape index (κ2) is 8.68. The van der Waals surface area contributed by atoms with Crippen molar-refractivity contribution >= 4 is 37.3 Å². The van der Waals surface area contributed by atoms with Crippen LogP contribution in [0.15, 0.2) is 30.6 Å². The number of carbonyl (C=O) groups is 1. The molecule has 7 nitrogen and oxygen atoms in total. The molecule has 2 unspecified atom stereocenters. The predicted octanol–water partition coefficient (Wildman–Crippen LogP) is 4.76. The number of anilines is 2. The predicted molar refractivity (Wildman–Crippen MR) is 123 cm³/mol. The highest BCUT2D eigenvalue weighted by molar-refractivity contribution is 7.37. The average molecular weight is 424 g/mol. The van der Waals surface area contributed by atoms with Gasteiger partial charge in [0, 0.05) is 37.9 Å². The monoisotopic (exact) mass is 424 g/mol. The first-order chi connectivity index (χ1) is 14.5. The van der Waals surface area contributed by atoms with Crippen molar-refractivity contribution in [2.45, 2.75) is 44.3 Å². The van der Waals surface area contributed by atoms with E-state index >= 15 is 0 Å². The third-order valence-electron chi connectivity index (χ3n) is 5.85. The van der Waals surface area contributed by atoms with Gasteiger partial charge in [0.05, 0.1) is 0 Å². The normalized spacial score (nSPS) is 15.9. The fourth-order valence-corrected chi connectivity index (χ4v) is 4.51. The Morgan fingerprint density at radius 3 is 2.63 bits per heavy atom. The number of nitrogens with zero attached hydrogens (tertiary/aromatic N) is 5.